The summed E-state index contributed by atoms with van der Waals surface area (Å²) in [7, 11) is 0. The van der Waals surface area contributed by atoms with E-state index in [-0.39, 0.29) is 5.91 Å². The Morgan fingerprint density at radius 2 is 2.10 bits per heavy atom. The summed E-state index contributed by atoms with van der Waals surface area (Å²) in [5, 5.41) is 2.33. The molecular weight excluding hydrogens is 154 g/mol. The van der Waals surface area contributed by atoms with Gasteiger partial charge in [0.05, 0.1) is 0 Å². The second-order valence-corrected chi connectivity index (χ2v) is 2.02. The van der Waals surface area contributed by atoms with Crippen molar-refractivity contribution in [1.29, 1.82) is 0 Å². The van der Waals surface area contributed by atoms with Crippen molar-refractivity contribution in [2.75, 3.05) is 0 Å². The van der Waals surface area contributed by atoms with Crippen molar-refractivity contribution in [3.8, 4) is 0 Å². The van der Waals surface area contributed by atoms with Crippen molar-refractivity contribution in [2.45, 2.75) is 19.9 Å². The Kier molecular flexibility index (Phi) is 3.87. The first-order chi connectivity index (χ1) is 4.57. The molecule has 1 amide bonds. The largest absolute Gasteiger partial charge is 0.393 e. The molecule has 58 valence electrons. The fourth-order valence-corrected chi connectivity index (χ4v) is 0.601. The van der Waals surface area contributed by atoms with E-state index in [2.05, 4.69) is 22.4 Å². The molecule has 0 heterocycles. The van der Waals surface area contributed by atoms with E-state index in [4.69, 9.17) is 0 Å². The van der Waals surface area contributed by atoms with E-state index in [1.807, 2.05) is 0 Å². The highest BCUT2D eigenvalue weighted by Gasteiger charge is 2.13. The average molecular weight is 163 g/mol. The molecule has 0 fully saturated rings. The van der Waals surface area contributed by atoms with Crippen molar-refractivity contribution < 1.29 is 13.8 Å². The van der Waals surface area contributed by atoms with Gasteiger partial charge in [0.15, 0.2) is 0 Å². The molecule has 0 aliphatic carbocycles. The molecule has 0 unspecified atom stereocenters. The van der Waals surface area contributed by atoms with Gasteiger partial charge in [0, 0.05) is 19.8 Å². The number of nitrogens with one attached hydrogen (secondary N) is 1. The van der Waals surface area contributed by atoms with Crippen molar-refractivity contribution in [2.24, 2.45) is 0 Å². The quantitative estimate of drug-likeness (QED) is 0.441. The molecule has 0 bridgehead atoms. The minimum Gasteiger partial charge on any atom is -0.393 e. The van der Waals surface area contributed by atoms with Gasteiger partial charge in [0.1, 0.15) is 6.04 Å². The van der Waals surface area contributed by atoms with Crippen molar-refractivity contribution in [1.82, 2.24) is 5.32 Å². The van der Waals surface area contributed by atoms with Crippen molar-refractivity contribution in [3.63, 3.8) is 0 Å². The van der Waals surface area contributed by atoms with Crippen LogP contribution in [0.25, 0.3) is 0 Å². The highest BCUT2D eigenvalue weighted by atomic mass is 32.1. The van der Waals surface area contributed by atoms with Gasteiger partial charge in [-0.25, -0.2) is 4.79 Å². The van der Waals surface area contributed by atoms with Crippen LogP contribution < -0.4 is 5.32 Å². The Bertz CT molecular complexity index is 148. The number of carbonyl (C=O) groups excluding carboxylic acids is 2. The SMILES string of the molecule is CC(=O)N[C@@H](C)C(=O)OS. The molecule has 0 aromatic carbocycles. The third kappa shape index (κ3) is 3.34. The minimum atomic E-state index is -0.630. The minimum absolute atomic E-state index is 0.272. The first kappa shape index (κ1) is 9.29. The number of rotatable bonds is 2. The van der Waals surface area contributed by atoms with Gasteiger partial charge < -0.3 is 9.50 Å². The molecule has 0 spiro atoms. The van der Waals surface area contributed by atoms with Crippen LogP contribution in [-0.4, -0.2) is 17.9 Å². The molecule has 0 aromatic rings. The predicted molar refractivity (Wildman–Crippen MR) is 38.4 cm³/mol. The maximum Gasteiger partial charge on any atom is 0.340 e. The third-order valence-electron chi connectivity index (χ3n) is 0.863. The Morgan fingerprint density at radius 1 is 1.60 bits per heavy atom. The van der Waals surface area contributed by atoms with Gasteiger partial charge in [-0.1, -0.05) is 0 Å². The van der Waals surface area contributed by atoms with Crippen LogP contribution in [0, 0.1) is 0 Å². The van der Waals surface area contributed by atoms with E-state index in [1.54, 1.807) is 0 Å². The monoisotopic (exact) mass is 163 g/mol. The zero-order valence-corrected chi connectivity index (χ0v) is 6.64. The summed E-state index contributed by atoms with van der Waals surface area (Å²) in [5.74, 6) is -0.843. The molecule has 0 radical (unpaired) electrons. The van der Waals surface area contributed by atoms with Gasteiger partial charge in [-0.2, -0.15) is 0 Å². The Morgan fingerprint density at radius 3 is 2.40 bits per heavy atom. The molecule has 0 aliphatic rings. The Labute approximate surface area is 64.5 Å². The van der Waals surface area contributed by atoms with Crippen LogP contribution in [0.5, 0.6) is 0 Å². The van der Waals surface area contributed by atoms with E-state index in [1.165, 1.54) is 13.8 Å². The highest BCUT2D eigenvalue weighted by Crippen LogP contribution is 1.89. The lowest BCUT2D eigenvalue weighted by molar-refractivity contribution is -0.137. The lowest BCUT2D eigenvalue weighted by atomic mass is 10.3. The molecule has 10 heavy (non-hydrogen) atoms. The maximum absolute atomic E-state index is 10.5. The summed E-state index contributed by atoms with van der Waals surface area (Å²) in [6.45, 7) is 2.84. The molecule has 0 saturated carbocycles. The number of hydrogen-bond acceptors (Lipinski definition) is 4. The fourth-order valence-electron chi connectivity index (χ4n) is 0.443. The normalized spacial score (nSPS) is 11.9. The van der Waals surface area contributed by atoms with Crippen LogP contribution >= 0.6 is 12.9 Å². The lowest BCUT2D eigenvalue weighted by Crippen LogP contribution is -2.37. The van der Waals surface area contributed by atoms with Gasteiger partial charge in [0.25, 0.3) is 0 Å². The molecule has 0 aliphatic heterocycles. The summed E-state index contributed by atoms with van der Waals surface area (Å²) in [6.07, 6.45) is 0. The Hall–Kier alpha value is -0.710. The molecule has 0 aromatic heterocycles. The first-order valence-corrected chi connectivity index (χ1v) is 3.06. The van der Waals surface area contributed by atoms with Gasteiger partial charge in [-0.3, -0.25) is 4.79 Å². The summed E-state index contributed by atoms with van der Waals surface area (Å²) in [6, 6.07) is -0.630. The topological polar surface area (TPSA) is 55.4 Å². The summed E-state index contributed by atoms with van der Waals surface area (Å²) in [5.41, 5.74) is 0. The highest BCUT2D eigenvalue weighted by molar-refractivity contribution is 7.75. The van der Waals surface area contributed by atoms with E-state index in [9.17, 15) is 9.59 Å². The molecule has 1 atom stereocenters. The fraction of sp³-hybridized carbons (Fsp3) is 0.600. The molecule has 5 heteroatoms. The van der Waals surface area contributed by atoms with Crippen LogP contribution in [0.2, 0.25) is 0 Å². The van der Waals surface area contributed by atoms with Gasteiger partial charge >= 0.3 is 5.97 Å². The summed E-state index contributed by atoms with van der Waals surface area (Å²) >= 11 is 3.28. The van der Waals surface area contributed by atoms with Gasteiger partial charge in [-0.05, 0) is 6.92 Å². The maximum atomic E-state index is 10.5. The second kappa shape index (κ2) is 4.16. The average Bonchev–Trinajstić information content (AvgIpc) is 1.85. The third-order valence-corrected chi connectivity index (χ3v) is 1.04. The van der Waals surface area contributed by atoms with Crippen molar-refractivity contribution in [3.05, 3.63) is 0 Å². The molecular formula is C5H9NO3S. The molecule has 1 N–H and O–H groups in total. The predicted octanol–water partition coefficient (Wildman–Crippen LogP) is -0.101. The zero-order valence-electron chi connectivity index (χ0n) is 5.75. The standard InChI is InChI=1S/C5H9NO3S/c1-3(5(8)9-10)6-4(2)7/h3,10H,1-2H3,(H,6,7)/t3-/m0/s1. The van der Waals surface area contributed by atoms with Crippen LogP contribution in [-0.2, 0) is 13.8 Å². The summed E-state index contributed by atoms with van der Waals surface area (Å²) < 4.78 is 4.05. The van der Waals surface area contributed by atoms with Crippen LogP contribution in [0.4, 0.5) is 0 Å². The summed E-state index contributed by atoms with van der Waals surface area (Å²) in [4.78, 5) is 20.9. The smallest absolute Gasteiger partial charge is 0.340 e. The van der Waals surface area contributed by atoms with Gasteiger partial charge in [0.2, 0.25) is 5.91 Å². The van der Waals surface area contributed by atoms with Crippen LogP contribution in [0.15, 0.2) is 0 Å². The van der Waals surface area contributed by atoms with Crippen LogP contribution in [0.3, 0.4) is 0 Å². The number of carbonyl (C=O) groups is 2. The molecule has 0 saturated heterocycles. The van der Waals surface area contributed by atoms with E-state index < -0.39 is 12.0 Å². The second-order valence-electron chi connectivity index (χ2n) is 1.83. The number of thiol groups is 1. The Balaban J connectivity index is 3.72. The lowest BCUT2D eigenvalue weighted by Gasteiger charge is -2.07. The number of amides is 1. The van der Waals surface area contributed by atoms with Gasteiger partial charge in [-0.15, -0.1) is 0 Å². The first-order valence-electron chi connectivity index (χ1n) is 2.70. The van der Waals surface area contributed by atoms with E-state index >= 15 is 0 Å². The molecule has 0 rings (SSSR count). The van der Waals surface area contributed by atoms with E-state index in [0.717, 1.165) is 0 Å². The van der Waals surface area contributed by atoms with E-state index in [0.29, 0.717) is 0 Å². The van der Waals surface area contributed by atoms with Crippen molar-refractivity contribution >= 4 is 24.8 Å². The van der Waals surface area contributed by atoms with Crippen LogP contribution in [0.1, 0.15) is 13.8 Å². The zero-order chi connectivity index (χ0) is 8.15. The number of hydrogen-bond donors (Lipinski definition) is 2. The molecule has 4 nitrogen and oxygen atoms in total.